The van der Waals surface area contributed by atoms with Crippen LogP contribution in [0.3, 0.4) is 0 Å². The summed E-state index contributed by atoms with van der Waals surface area (Å²) in [5, 5.41) is 4.78. The maximum absolute atomic E-state index is 12.4. The summed E-state index contributed by atoms with van der Waals surface area (Å²) in [5.74, 6) is 1.70. The van der Waals surface area contributed by atoms with Crippen LogP contribution in [0.4, 0.5) is 0 Å². The van der Waals surface area contributed by atoms with Gasteiger partial charge in [0.05, 0.1) is 23.0 Å². The molecule has 0 unspecified atom stereocenters. The quantitative estimate of drug-likeness (QED) is 0.157. The lowest BCUT2D eigenvalue weighted by atomic mass is 10.2. The molecule has 0 aromatic heterocycles. The molecule has 6 nitrogen and oxygen atoms in total. The molecule has 0 radical (unpaired) electrons. The molecule has 0 saturated carbocycles. The summed E-state index contributed by atoms with van der Waals surface area (Å²) in [7, 11) is 0. The van der Waals surface area contributed by atoms with E-state index in [1.165, 1.54) is 0 Å². The molecule has 0 bridgehead atoms. The van der Waals surface area contributed by atoms with Crippen LogP contribution >= 0.6 is 34.2 Å². The Kier molecular flexibility index (Phi) is 10.0. The van der Waals surface area contributed by atoms with E-state index in [1.807, 2.05) is 50.2 Å². The minimum Gasteiger partial charge on any atom is -0.494 e. The highest BCUT2D eigenvalue weighted by molar-refractivity contribution is 14.1. The molecule has 0 saturated heterocycles. The minimum atomic E-state index is -0.305. The van der Waals surface area contributed by atoms with Crippen LogP contribution in [0.5, 0.6) is 17.2 Å². The van der Waals surface area contributed by atoms with Crippen LogP contribution in [-0.4, -0.2) is 25.3 Å². The molecule has 3 aromatic rings. The first-order chi connectivity index (χ1) is 16.5. The molecule has 0 atom stereocenters. The molecule has 8 heteroatoms. The number of benzene rings is 3. The number of hydrazone groups is 1. The van der Waals surface area contributed by atoms with Crippen LogP contribution in [-0.2, 0) is 6.61 Å². The Morgan fingerprint density at radius 1 is 1.03 bits per heavy atom. The predicted molar refractivity (Wildman–Crippen MR) is 143 cm³/mol. The Balaban J connectivity index is 1.65. The number of halogens is 2. The van der Waals surface area contributed by atoms with E-state index < -0.39 is 0 Å². The molecule has 1 N–H and O–H groups in total. The van der Waals surface area contributed by atoms with Crippen molar-refractivity contribution in [2.24, 2.45) is 5.10 Å². The van der Waals surface area contributed by atoms with Crippen molar-refractivity contribution < 1.29 is 19.0 Å². The second kappa shape index (κ2) is 13.2. The van der Waals surface area contributed by atoms with Gasteiger partial charge in [-0.1, -0.05) is 30.7 Å². The lowest BCUT2D eigenvalue weighted by Gasteiger charge is -2.15. The van der Waals surface area contributed by atoms with Gasteiger partial charge in [-0.25, -0.2) is 5.43 Å². The van der Waals surface area contributed by atoms with Crippen LogP contribution in [0.2, 0.25) is 5.02 Å². The maximum atomic E-state index is 12.4. The van der Waals surface area contributed by atoms with Crippen molar-refractivity contribution in [1.82, 2.24) is 5.43 Å². The van der Waals surface area contributed by atoms with Gasteiger partial charge in [-0.05, 0) is 95.6 Å². The minimum absolute atomic E-state index is 0.305. The molecule has 0 aliphatic heterocycles. The first kappa shape index (κ1) is 25.8. The smallest absolute Gasteiger partial charge is 0.271 e. The average molecular weight is 593 g/mol. The number of rotatable bonds is 11. The Labute approximate surface area is 218 Å². The summed E-state index contributed by atoms with van der Waals surface area (Å²) in [6, 6.07) is 18.2. The van der Waals surface area contributed by atoms with E-state index >= 15 is 0 Å². The molecule has 0 spiro atoms. The fraction of sp³-hybridized carbons (Fsp3) is 0.231. The van der Waals surface area contributed by atoms with E-state index in [0.717, 1.165) is 26.9 Å². The molecule has 1 amide bonds. The van der Waals surface area contributed by atoms with Crippen molar-refractivity contribution in [2.75, 3.05) is 13.2 Å². The van der Waals surface area contributed by atoms with Crippen LogP contribution in [0.25, 0.3) is 0 Å². The van der Waals surface area contributed by atoms with Crippen molar-refractivity contribution in [3.8, 4) is 17.2 Å². The van der Waals surface area contributed by atoms with Crippen LogP contribution in [0.15, 0.2) is 65.8 Å². The predicted octanol–water partition coefficient (Wildman–Crippen LogP) is 6.48. The van der Waals surface area contributed by atoms with E-state index in [4.69, 9.17) is 25.8 Å². The molecule has 3 rings (SSSR count). The van der Waals surface area contributed by atoms with Gasteiger partial charge in [0.1, 0.15) is 12.4 Å². The summed E-state index contributed by atoms with van der Waals surface area (Å²) in [5.41, 5.74) is 4.82. The number of carbonyl (C=O) groups is 1. The molecule has 0 fully saturated rings. The third-order valence-corrected chi connectivity index (χ3v) is 5.65. The van der Waals surface area contributed by atoms with Crippen LogP contribution < -0.4 is 19.6 Å². The van der Waals surface area contributed by atoms with Gasteiger partial charge >= 0.3 is 0 Å². The highest BCUT2D eigenvalue weighted by atomic mass is 127. The molecular weight excluding hydrogens is 567 g/mol. The second-order valence-electron chi connectivity index (χ2n) is 7.25. The molecule has 0 aliphatic carbocycles. The molecule has 0 aliphatic rings. The fourth-order valence-electron chi connectivity index (χ4n) is 2.95. The molecular formula is C26H26ClIN2O4. The summed E-state index contributed by atoms with van der Waals surface area (Å²) in [4.78, 5) is 12.4. The van der Waals surface area contributed by atoms with Gasteiger partial charge in [-0.3, -0.25) is 4.79 Å². The van der Waals surface area contributed by atoms with Crippen LogP contribution in [0.1, 0.15) is 41.8 Å². The highest BCUT2D eigenvalue weighted by Gasteiger charge is 2.12. The summed E-state index contributed by atoms with van der Waals surface area (Å²) >= 11 is 8.15. The lowest BCUT2D eigenvalue weighted by molar-refractivity contribution is 0.0955. The van der Waals surface area contributed by atoms with Crippen molar-refractivity contribution >= 4 is 46.3 Å². The molecule has 3 aromatic carbocycles. The first-order valence-electron chi connectivity index (χ1n) is 10.9. The largest absolute Gasteiger partial charge is 0.494 e. The third-order valence-electron chi connectivity index (χ3n) is 4.60. The number of carbonyl (C=O) groups excluding carboxylic acids is 1. The molecule has 34 heavy (non-hydrogen) atoms. The average Bonchev–Trinajstić information content (AvgIpc) is 2.84. The van der Waals surface area contributed by atoms with E-state index in [0.29, 0.717) is 41.9 Å². The van der Waals surface area contributed by atoms with Crippen molar-refractivity contribution in [3.05, 3.63) is 85.9 Å². The van der Waals surface area contributed by atoms with Crippen molar-refractivity contribution in [1.29, 1.82) is 0 Å². The number of amides is 1. The zero-order chi connectivity index (χ0) is 24.3. The zero-order valence-corrected chi connectivity index (χ0v) is 21.9. The lowest BCUT2D eigenvalue weighted by Crippen LogP contribution is -2.17. The van der Waals surface area contributed by atoms with Gasteiger partial charge < -0.3 is 14.2 Å². The van der Waals surface area contributed by atoms with Gasteiger partial charge in [0.2, 0.25) is 0 Å². The Bertz CT molecular complexity index is 1120. The SMILES string of the molecule is CCCOc1ccc(C(=O)N/N=C/c2cc(I)c(OCc3ccc(Cl)cc3)c(OCC)c2)cc1. The number of hydrogen-bond donors (Lipinski definition) is 1. The Morgan fingerprint density at radius 3 is 2.44 bits per heavy atom. The Hall–Kier alpha value is -2.78. The monoisotopic (exact) mass is 592 g/mol. The summed E-state index contributed by atoms with van der Waals surface area (Å²) in [6.45, 7) is 5.47. The normalized spacial score (nSPS) is 10.8. The maximum Gasteiger partial charge on any atom is 0.271 e. The topological polar surface area (TPSA) is 69.2 Å². The van der Waals surface area contributed by atoms with E-state index in [-0.39, 0.29) is 5.91 Å². The van der Waals surface area contributed by atoms with Gasteiger partial charge in [0.15, 0.2) is 11.5 Å². The highest BCUT2D eigenvalue weighted by Crippen LogP contribution is 2.34. The Morgan fingerprint density at radius 2 is 1.76 bits per heavy atom. The van der Waals surface area contributed by atoms with E-state index in [2.05, 4.69) is 33.1 Å². The zero-order valence-electron chi connectivity index (χ0n) is 19.0. The third kappa shape index (κ3) is 7.63. The van der Waals surface area contributed by atoms with Gasteiger partial charge in [0.25, 0.3) is 5.91 Å². The molecule has 0 heterocycles. The van der Waals surface area contributed by atoms with Crippen LogP contribution in [0, 0.1) is 3.57 Å². The van der Waals surface area contributed by atoms with Gasteiger partial charge in [0, 0.05) is 10.6 Å². The summed E-state index contributed by atoms with van der Waals surface area (Å²) in [6.07, 6.45) is 2.50. The molecule has 178 valence electrons. The second-order valence-corrected chi connectivity index (χ2v) is 8.85. The van der Waals surface area contributed by atoms with Crippen molar-refractivity contribution in [2.45, 2.75) is 26.9 Å². The standard InChI is InChI=1S/C26H26ClIN2O4/c1-3-13-33-22-11-7-20(8-12-22)26(31)30-29-16-19-14-23(28)25(24(15-19)32-4-2)34-17-18-5-9-21(27)10-6-18/h5-12,14-16H,3-4,13,17H2,1-2H3,(H,30,31)/b29-16+. The first-order valence-corrected chi connectivity index (χ1v) is 12.4. The van der Waals surface area contributed by atoms with Gasteiger partial charge in [-0.15, -0.1) is 0 Å². The number of ether oxygens (including phenoxy) is 3. The number of nitrogens with zero attached hydrogens (tertiary/aromatic N) is 1. The fourth-order valence-corrected chi connectivity index (χ4v) is 3.86. The number of hydrogen-bond acceptors (Lipinski definition) is 5. The van der Waals surface area contributed by atoms with E-state index in [9.17, 15) is 4.79 Å². The summed E-state index contributed by atoms with van der Waals surface area (Å²) < 4.78 is 18.2. The van der Waals surface area contributed by atoms with E-state index in [1.54, 1.807) is 30.5 Å². The number of nitrogens with one attached hydrogen (secondary N) is 1. The van der Waals surface area contributed by atoms with Gasteiger partial charge in [-0.2, -0.15) is 5.10 Å². The van der Waals surface area contributed by atoms with Crippen molar-refractivity contribution in [3.63, 3.8) is 0 Å².